The molecule has 0 radical (unpaired) electrons. The molecular formula is C13H18FNO. The van der Waals surface area contributed by atoms with E-state index in [4.69, 9.17) is 4.74 Å². The quantitative estimate of drug-likeness (QED) is 0.848. The predicted octanol–water partition coefficient (Wildman–Crippen LogP) is 2.19. The first kappa shape index (κ1) is 11.4. The van der Waals surface area contributed by atoms with E-state index in [-0.39, 0.29) is 5.92 Å². The van der Waals surface area contributed by atoms with E-state index in [2.05, 4.69) is 5.32 Å². The van der Waals surface area contributed by atoms with Crippen LogP contribution in [-0.4, -0.2) is 26.4 Å². The SMILES string of the molecule is COc1ccc(CC2CNCCC2F)cc1. The van der Waals surface area contributed by atoms with Crippen LogP contribution in [0.3, 0.4) is 0 Å². The standard InChI is InChI=1S/C13H18FNO/c1-16-12-4-2-10(3-5-12)8-11-9-15-7-6-13(11)14/h2-5,11,13,15H,6-9H2,1H3. The van der Waals surface area contributed by atoms with Crippen molar-refractivity contribution in [2.45, 2.75) is 19.0 Å². The normalized spacial score (nSPS) is 25.4. The maximum atomic E-state index is 13.6. The van der Waals surface area contributed by atoms with Gasteiger partial charge in [0.15, 0.2) is 0 Å². The number of nitrogens with one attached hydrogen (secondary N) is 1. The van der Waals surface area contributed by atoms with Gasteiger partial charge in [0.05, 0.1) is 7.11 Å². The van der Waals surface area contributed by atoms with Gasteiger partial charge in [-0.2, -0.15) is 0 Å². The van der Waals surface area contributed by atoms with Crippen molar-refractivity contribution in [1.82, 2.24) is 5.32 Å². The first-order chi connectivity index (χ1) is 7.79. The molecular weight excluding hydrogens is 205 g/mol. The molecule has 0 amide bonds. The lowest BCUT2D eigenvalue weighted by molar-refractivity contribution is 0.178. The topological polar surface area (TPSA) is 21.3 Å². The highest BCUT2D eigenvalue weighted by atomic mass is 19.1. The van der Waals surface area contributed by atoms with Crippen LogP contribution >= 0.6 is 0 Å². The van der Waals surface area contributed by atoms with Crippen molar-refractivity contribution in [2.75, 3.05) is 20.2 Å². The lowest BCUT2D eigenvalue weighted by atomic mass is 9.91. The summed E-state index contributed by atoms with van der Waals surface area (Å²) in [6, 6.07) is 7.89. The number of ether oxygens (including phenoxy) is 1. The fourth-order valence-electron chi connectivity index (χ4n) is 2.16. The van der Waals surface area contributed by atoms with Gasteiger partial charge in [0.1, 0.15) is 11.9 Å². The number of hydrogen-bond donors (Lipinski definition) is 1. The Balaban J connectivity index is 1.96. The number of rotatable bonds is 3. The van der Waals surface area contributed by atoms with Gasteiger partial charge in [-0.3, -0.25) is 0 Å². The van der Waals surface area contributed by atoms with Crippen LogP contribution in [0.4, 0.5) is 4.39 Å². The Bertz CT molecular complexity index is 325. The van der Waals surface area contributed by atoms with Crippen molar-refractivity contribution < 1.29 is 9.13 Å². The molecule has 1 aliphatic heterocycles. The van der Waals surface area contributed by atoms with E-state index in [1.165, 1.54) is 5.56 Å². The fourth-order valence-corrected chi connectivity index (χ4v) is 2.16. The van der Waals surface area contributed by atoms with E-state index in [9.17, 15) is 4.39 Å². The van der Waals surface area contributed by atoms with Crippen LogP contribution in [-0.2, 0) is 6.42 Å². The second kappa shape index (κ2) is 5.30. The molecule has 16 heavy (non-hydrogen) atoms. The summed E-state index contributed by atoms with van der Waals surface area (Å²) in [6.45, 7) is 1.59. The van der Waals surface area contributed by atoms with Gasteiger partial charge in [0.2, 0.25) is 0 Å². The minimum absolute atomic E-state index is 0.113. The summed E-state index contributed by atoms with van der Waals surface area (Å²) < 4.78 is 18.7. The molecule has 1 saturated heterocycles. The number of piperidine rings is 1. The van der Waals surface area contributed by atoms with Crippen LogP contribution < -0.4 is 10.1 Å². The van der Waals surface area contributed by atoms with E-state index in [0.29, 0.717) is 6.42 Å². The third kappa shape index (κ3) is 2.73. The van der Waals surface area contributed by atoms with E-state index in [1.807, 2.05) is 24.3 Å². The van der Waals surface area contributed by atoms with Gasteiger partial charge in [-0.1, -0.05) is 12.1 Å². The maximum Gasteiger partial charge on any atom is 0.118 e. The molecule has 0 aromatic heterocycles. The van der Waals surface area contributed by atoms with Crippen molar-refractivity contribution in [1.29, 1.82) is 0 Å². The Labute approximate surface area is 95.8 Å². The molecule has 88 valence electrons. The molecule has 0 saturated carbocycles. The minimum Gasteiger partial charge on any atom is -0.497 e. The lowest BCUT2D eigenvalue weighted by Crippen LogP contribution is -2.38. The second-order valence-electron chi connectivity index (χ2n) is 4.32. The van der Waals surface area contributed by atoms with Crippen LogP contribution in [0.1, 0.15) is 12.0 Å². The molecule has 1 aromatic carbocycles. The highest BCUT2D eigenvalue weighted by Gasteiger charge is 2.24. The summed E-state index contributed by atoms with van der Waals surface area (Å²) in [5.74, 6) is 0.962. The van der Waals surface area contributed by atoms with Gasteiger partial charge in [-0.25, -0.2) is 4.39 Å². The third-order valence-electron chi connectivity index (χ3n) is 3.17. The van der Waals surface area contributed by atoms with Gasteiger partial charge < -0.3 is 10.1 Å². The fraction of sp³-hybridized carbons (Fsp3) is 0.538. The summed E-state index contributed by atoms with van der Waals surface area (Å²) >= 11 is 0. The van der Waals surface area contributed by atoms with Gasteiger partial charge in [-0.05, 0) is 37.1 Å². The molecule has 1 heterocycles. The molecule has 0 aliphatic carbocycles. The number of hydrogen-bond acceptors (Lipinski definition) is 2. The van der Waals surface area contributed by atoms with Crippen LogP contribution in [0.2, 0.25) is 0 Å². The average molecular weight is 223 g/mol. The Morgan fingerprint density at radius 3 is 2.75 bits per heavy atom. The van der Waals surface area contributed by atoms with Crippen LogP contribution in [0.15, 0.2) is 24.3 Å². The van der Waals surface area contributed by atoms with Crippen molar-refractivity contribution in [3.8, 4) is 5.75 Å². The van der Waals surface area contributed by atoms with Gasteiger partial charge >= 0.3 is 0 Å². The Morgan fingerprint density at radius 2 is 2.12 bits per heavy atom. The molecule has 0 bridgehead atoms. The molecule has 1 fully saturated rings. The van der Waals surface area contributed by atoms with Crippen LogP contribution in [0, 0.1) is 5.92 Å². The first-order valence-corrected chi connectivity index (χ1v) is 5.77. The van der Waals surface area contributed by atoms with Gasteiger partial charge in [0.25, 0.3) is 0 Å². The highest BCUT2D eigenvalue weighted by molar-refractivity contribution is 5.27. The summed E-state index contributed by atoms with van der Waals surface area (Å²) in [5.41, 5.74) is 1.18. The average Bonchev–Trinajstić information content (AvgIpc) is 2.33. The number of alkyl halides is 1. The van der Waals surface area contributed by atoms with E-state index >= 15 is 0 Å². The molecule has 1 aromatic rings. The number of methoxy groups -OCH3 is 1. The molecule has 2 nitrogen and oxygen atoms in total. The second-order valence-corrected chi connectivity index (χ2v) is 4.32. The Morgan fingerprint density at radius 1 is 1.38 bits per heavy atom. The minimum atomic E-state index is -0.664. The van der Waals surface area contributed by atoms with Crippen LogP contribution in [0.5, 0.6) is 5.75 Å². The predicted molar refractivity (Wildman–Crippen MR) is 62.6 cm³/mol. The third-order valence-corrected chi connectivity index (χ3v) is 3.17. The van der Waals surface area contributed by atoms with Gasteiger partial charge in [-0.15, -0.1) is 0 Å². The Kier molecular flexibility index (Phi) is 3.78. The lowest BCUT2D eigenvalue weighted by Gasteiger charge is -2.26. The van der Waals surface area contributed by atoms with Crippen LogP contribution in [0.25, 0.3) is 0 Å². The summed E-state index contributed by atoms with van der Waals surface area (Å²) in [4.78, 5) is 0. The van der Waals surface area contributed by atoms with Crippen molar-refractivity contribution in [3.63, 3.8) is 0 Å². The molecule has 2 atom stereocenters. The zero-order valence-electron chi connectivity index (χ0n) is 9.58. The van der Waals surface area contributed by atoms with Crippen molar-refractivity contribution in [2.24, 2.45) is 5.92 Å². The van der Waals surface area contributed by atoms with E-state index < -0.39 is 6.17 Å². The van der Waals surface area contributed by atoms with Crippen molar-refractivity contribution >= 4 is 0 Å². The molecule has 2 unspecified atom stereocenters. The number of benzene rings is 1. The molecule has 1 aliphatic rings. The number of halogens is 1. The molecule has 0 spiro atoms. The first-order valence-electron chi connectivity index (χ1n) is 5.77. The molecule has 3 heteroatoms. The zero-order valence-corrected chi connectivity index (χ0v) is 9.58. The zero-order chi connectivity index (χ0) is 11.4. The highest BCUT2D eigenvalue weighted by Crippen LogP contribution is 2.21. The summed E-state index contributed by atoms with van der Waals surface area (Å²) in [7, 11) is 1.65. The Hall–Kier alpha value is -1.09. The van der Waals surface area contributed by atoms with E-state index in [0.717, 1.165) is 25.3 Å². The van der Waals surface area contributed by atoms with Gasteiger partial charge in [0, 0.05) is 12.5 Å². The van der Waals surface area contributed by atoms with E-state index in [1.54, 1.807) is 7.11 Å². The monoisotopic (exact) mass is 223 g/mol. The largest absolute Gasteiger partial charge is 0.497 e. The maximum absolute atomic E-state index is 13.6. The smallest absolute Gasteiger partial charge is 0.118 e. The summed E-state index contributed by atoms with van der Waals surface area (Å²) in [6.07, 6.45) is 0.780. The molecule has 2 rings (SSSR count). The van der Waals surface area contributed by atoms with Crippen molar-refractivity contribution in [3.05, 3.63) is 29.8 Å². The molecule has 1 N–H and O–H groups in total. The summed E-state index contributed by atoms with van der Waals surface area (Å²) in [5, 5.41) is 3.24.